The van der Waals surface area contributed by atoms with Crippen LogP contribution in [0.4, 0.5) is 31.9 Å². The number of carbonyl (C=O) groups is 3. The van der Waals surface area contributed by atoms with Gasteiger partial charge >= 0.3 is 12.0 Å². The van der Waals surface area contributed by atoms with E-state index in [4.69, 9.17) is 4.74 Å². The molecule has 1 heterocycles. The second-order valence-electron chi connectivity index (χ2n) is 9.99. The summed E-state index contributed by atoms with van der Waals surface area (Å²) in [6, 6.07) is 14.1. The molecule has 1 saturated heterocycles. The summed E-state index contributed by atoms with van der Waals surface area (Å²) in [6.45, 7) is 0.904. The van der Waals surface area contributed by atoms with Crippen LogP contribution in [0.2, 0.25) is 0 Å². The quantitative estimate of drug-likeness (QED) is 0.193. The summed E-state index contributed by atoms with van der Waals surface area (Å²) in [7, 11) is 4.35. The van der Waals surface area contributed by atoms with E-state index < -0.39 is 22.7 Å². The number of esters is 1. The van der Waals surface area contributed by atoms with Crippen molar-refractivity contribution < 1.29 is 33.2 Å². The number of rotatable bonds is 10. The van der Waals surface area contributed by atoms with E-state index >= 15 is 0 Å². The lowest BCUT2D eigenvalue weighted by molar-refractivity contribution is -0.384. The Bertz CT molecular complexity index is 1530. The summed E-state index contributed by atoms with van der Waals surface area (Å²) in [5, 5.41) is 16.8. The Balaban J connectivity index is 1.41. The third kappa shape index (κ3) is 7.36. The molecule has 13 heteroatoms. The van der Waals surface area contributed by atoms with Crippen molar-refractivity contribution in [3.63, 3.8) is 0 Å². The first-order valence-corrected chi connectivity index (χ1v) is 13.5. The highest BCUT2D eigenvalue weighted by molar-refractivity contribution is 6.00. The molecule has 226 valence electrons. The van der Waals surface area contributed by atoms with E-state index in [2.05, 4.69) is 15.4 Å². The van der Waals surface area contributed by atoms with Gasteiger partial charge in [-0.05, 0) is 54.8 Å². The molecule has 12 nitrogen and oxygen atoms in total. The zero-order valence-corrected chi connectivity index (χ0v) is 24.0. The van der Waals surface area contributed by atoms with Crippen LogP contribution in [0.25, 0.3) is 0 Å². The summed E-state index contributed by atoms with van der Waals surface area (Å²) in [6.07, 6.45) is 1.59. The van der Waals surface area contributed by atoms with Gasteiger partial charge in [0.2, 0.25) is 5.91 Å². The van der Waals surface area contributed by atoms with Crippen molar-refractivity contribution in [1.29, 1.82) is 0 Å². The molecular formula is C30H32FN5O7. The topological polar surface area (TPSA) is 143 Å². The maximum Gasteiger partial charge on any atom is 0.338 e. The number of likely N-dealkylation sites (N-methyl/N-ethyl adjacent to an activating group) is 1. The first kappa shape index (κ1) is 30.8. The van der Waals surface area contributed by atoms with Gasteiger partial charge in [0, 0.05) is 32.2 Å². The average Bonchev–Trinajstić information content (AvgIpc) is 3.46. The molecule has 1 aliphatic rings. The van der Waals surface area contributed by atoms with Gasteiger partial charge in [-0.3, -0.25) is 14.9 Å². The van der Waals surface area contributed by atoms with Crippen molar-refractivity contribution >= 4 is 40.7 Å². The average molecular weight is 594 g/mol. The Hall–Kier alpha value is -5.20. The Morgan fingerprint density at radius 3 is 2.51 bits per heavy atom. The number of benzene rings is 3. The predicted octanol–water partition coefficient (Wildman–Crippen LogP) is 4.84. The molecule has 1 atom stereocenters. The molecule has 0 aliphatic carbocycles. The predicted molar refractivity (Wildman–Crippen MR) is 158 cm³/mol. The Kier molecular flexibility index (Phi) is 9.76. The lowest BCUT2D eigenvalue weighted by Crippen LogP contribution is -2.43. The number of nitro benzene ring substituents is 1. The number of anilines is 3. The van der Waals surface area contributed by atoms with Crippen molar-refractivity contribution in [3.05, 3.63) is 87.7 Å². The Morgan fingerprint density at radius 2 is 1.81 bits per heavy atom. The molecule has 0 spiro atoms. The van der Waals surface area contributed by atoms with E-state index in [0.29, 0.717) is 35.8 Å². The van der Waals surface area contributed by atoms with Crippen LogP contribution in [0.1, 0.15) is 28.8 Å². The van der Waals surface area contributed by atoms with E-state index in [1.165, 1.54) is 50.6 Å². The maximum atomic E-state index is 13.9. The third-order valence-corrected chi connectivity index (χ3v) is 7.18. The number of methoxy groups -OCH3 is 2. The second-order valence-corrected chi connectivity index (χ2v) is 9.99. The molecule has 2 N–H and O–H groups in total. The summed E-state index contributed by atoms with van der Waals surface area (Å²) in [5.74, 6) is -1.03. The third-order valence-electron chi connectivity index (χ3n) is 7.18. The normalized spacial score (nSPS) is 14.1. The molecule has 1 fully saturated rings. The van der Waals surface area contributed by atoms with Gasteiger partial charge in [0.15, 0.2) is 0 Å². The van der Waals surface area contributed by atoms with E-state index in [0.717, 1.165) is 12.8 Å². The number of nitro groups is 1. The molecule has 0 radical (unpaired) electrons. The van der Waals surface area contributed by atoms with E-state index in [1.807, 2.05) is 0 Å². The smallest absolute Gasteiger partial charge is 0.338 e. The summed E-state index contributed by atoms with van der Waals surface area (Å²) in [4.78, 5) is 52.3. The zero-order valence-electron chi connectivity index (χ0n) is 24.0. The molecule has 3 aromatic carbocycles. The number of hydrogen-bond donors (Lipinski definition) is 2. The second kappa shape index (κ2) is 13.6. The number of para-hydroxylation sites is 1. The minimum Gasteiger partial charge on any atom is -0.495 e. The van der Waals surface area contributed by atoms with Crippen LogP contribution >= 0.6 is 0 Å². The number of carbonyl (C=O) groups excluding carboxylic acids is 3. The van der Waals surface area contributed by atoms with Crippen molar-refractivity contribution in [1.82, 2.24) is 4.90 Å². The number of nitrogens with one attached hydrogen (secondary N) is 2. The van der Waals surface area contributed by atoms with Crippen molar-refractivity contribution in [2.75, 3.05) is 49.9 Å². The van der Waals surface area contributed by atoms with Gasteiger partial charge in [-0.15, -0.1) is 0 Å². The van der Waals surface area contributed by atoms with E-state index in [-0.39, 0.29) is 35.3 Å². The number of nitrogens with zero attached hydrogens (tertiary/aromatic N) is 3. The monoisotopic (exact) mass is 593 g/mol. The van der Waals surface area contributed by atoms with Crippen LogP contribution < -0.4 is 20.3 Å². The molecule has 3 aromatic rings. The molecule has 1 aliphatic heterocycles. The van der Waals surface area contributed by atoms with Gasteiger partial charge in [0.05, 0.1) is 42.5 Å². The highest BCUT2D eigenvalue weighted by Gasteiger charge is 2.31. The minimum absolute atomic E-state index is 0.0276. The highest BCUT2D eigenvalue weighted by Crippen LogP contribution is 2.31. The number of ether oxygens (including phenoxy) is 2. The highest BCUT2D eigenvalue weighted by atomic mass is 19.1. The molecule has 0 aromatic heterocycles. The molecular weight excluding hydrogens is 561 g/mol. The first-order valence-electron chi connectivity index (χ1n) is 13.5. The molecule has 0 bridgehead atoms. The van der Waals surface area contributed by atoms with Gasteiger partial charge in [-0.2, -0.15) is 0 Å². The summed E-state index contributed by atoms with van der Waals surface area (Å²) >= 11 is 0. The first-order chi connectivity index (χ1) is 20.6. The fourth-order valence-electron chi connectivity index (χ4n) is 5.07. The number of likely N-dealkylation sites (tertiary alicyclic amines) is 1. The standard InChI is InChI=1S/C30H32FN5O7/c1-34(25-13-11-20(29(38)43-3)17-26(25)36(40)41)18-21-7-6-14-35(21)28(37)16-19-10-12-24(27(15-19)42-2)33-30(39)32-23-9-5-4-8-22(23)31/h4-5,8-13,15,17,21H,6-7,14,16,18H2,1-3H3,(H2,32,33,39). The number of amides is 3. The molecule has 0 saturated carbocycles. The number of halogens is 1. The fourth-order valence-corrected chi connectivity index (χ4v) is 5.07. The van der Waals surface area contributed by atoms with Crippen LogP contribution in [0.3, 0.4) is 0 Å². The van der Waals surface area contributed by atoms with Crippen molar-refractivity contribution in [2.45, 2.75) is 25.3 Å². The lowest BCUT2D eigenvalue weighted by atomic mass is 10.1. The van der Waals surface area contributed by atoms with Gasteiger partial charge < -0.3 is 29.9 Å². The number of hydrogen-bond acceptors (Lipinski definition) is 8. The van der Waals surface area contributed by atoms with Crippen LogP contribution in [0.15, 0.2) is 60.7 Å². The van der Waals surface area contributed by atoms with Crippen LogP contribution in [-0.2, 0) is 16.0 Å². The van der Waals surface area contributed by atoms with Crippen molar-refractivity contribution in [2.24, 2.45) is 0 Å². The molecule has 1 unspecified atom stereocenters. The largest absolute Gasteiger partial charge is 0.495 e. The van der Waals surface area contributed by atoms with E-state index in [9.17, 15) is 28.9 Å². The van der Waals surface area contributed by atoms with Gasteiger partial charge in [-0.1, -0.05) is 18.2 Å². The van der Waals surface area contributed by atoms with Gasteiger partial charge in [0.1, 0.15) is 17.3 Å². The zero-order chi connectivity index (χ0) is 31.1. The molecule has 43 heavy (non-hydrogen) atoms. The van der Waals surface area contributed by atoms with Gasteiger partial charge in [-0.25, -0.2) is 14.0 Å². The molecule has 4 rings (SSSR count). The van der Waals surface area contributed by atoms with Crippen LogP contribution in [0.5, 0.6) is 5.75 Å². The van der Waals surface area contributed by atoms with Crippen LogP contribution in [0, 0.1) is 15.9 Å². The molecule has 3 amide bonds. The van der Waals surface area contributed by atoms with Crippen LogP contribution in [-0.4, -0.2) is 68.1 Å². The summed E-state index contributed by atoms with van der Waals surface area (Å²) < 4.78 is 24.0. The maximum absolute atomic E-state index is 13.9. The Labute approximate surface area is 247 Å². The SMILES string of the molecule is COC(=O)c1ccc(N(C)CC2CCCN2C(=O)Cc2ccc(NC(=O)Nc3ccccc3F)c(OC)c2)c([N+](=O)[O-])c1. The lowest BCUT2D eigenvalue weighted by Gasteiger charge is -2.30. The van der Waals surface area contributed by atoms with E-state index in [1.54, 1.807) is 41.1 Å². The summed E-state index contributed by atoms with van der Waals surface area (Å²) in [5.41, 5.74) is 1.20. The van der Waals surface area contributed by atoms with Crippen molar-refractivity contribution in [3.8, 4) is 5.75 Å². The minimum atomic E-state index is -0.670. The Morgan fingerprint density at radius 1 is 1.07 bits per heavy atom. The van der Waals surface area contributed by atoms with Gasteiger partial charge in [0.25, 0.3) is 5.69 Å². The number of urea groups is 1. The fraction of sp³-hybridized carbons (Fsp3) is 0.300.